The average Bonchev–Trinajstić information content (AvgIpc) is 3.52. The number of aliphatic hydroxyl groups is 1. The maximum absolute atomic E-state index is 12.0. The van der Waals surface area contributed by atoms with E-state index in [2.05, 4.69) is 77.8 Å². The quantitative estimate of drug-likeness (QED) is 0.0831. The van der Waals surface area contributed by atoms with Gasteiger partial charge in [-0.2, -0.15) is 0 Å². The fourth-order valence-electron chi connectivity index (χ4n) is 7.95. The first-order valence-electron chi connectivity index (χ1n) is 17.6. The number of aromatic nitrogens is 1. The number of furan rings is 1. The monoisotopic (exact) mass is 823 g/mol. The van der Waals surface area contributed by atoms with Crippen molar-refractivity contribution in [1.29, 1.82) is 0 Å². The van der Waals surface area contributed by atoms with Gasteiger partial charge in [0, 0.05) is 49.6 Å². The summed E-state index contributed by atoms with van der Waals surface area (Å²) >= 11 is 0. The Kier molecular flexibility index (Phi) is 9.93. The molecule has 5 heteroatoms. The van der Waals surface area contributed by atoms with Gasteiger partial charge in [0.05, 0.1) is 11.3 Å². The van der Waals surface area contributed by atoms with Crippen molar-refractivity contribution < 1.29 is 34.4 Å². The third kappa shape index (κ3) is 6.67. The van der Waals surface area contributed by atoms with E-state index in [0.29, 0.717) is 5.76 Å². The van der Waals surface area contributed by atoms with Crippen molar-refractivity contribution in [2.45, 2.75) is 64.2 Å². The zero-order valence-corrected chi connectivity index (χ0v) is 30.0. The van der Waals surface area contributed by atoms with Gasteiger partial charge in [-0.1, -0.05) is 105 Å². The van der Waals surface area contributed by atoms with Gasteiger partial charge in [-0.05, 0) is 81.9 Å². The van der Waals surface area contributed by atoms with E-state index in [1.807, 2.05) is 30.5 Å². The van der Waals surface area contributed by atoms with Crippen LogP contribution in [0.4, 0.5) is 0 Å². The normalized spacial score (nSPS) is 16.1. The minimum atomic E-state index is 0. The summed E-state index contributed by atoms with van der Waals surface area (Å²) in [6.45, 7) is 0. The molecule has 0 spiro atoms. The summed E-state index contributed by atoms with van der Waals surface area (Å²) in [5.41, 5.74) is 3.63. The van der Waals surface area contributed by atoms with Crippen molar-refractivity contribution >= 4 is 60.0 Å². The first kappa shape index (κ1) is 33.2. The van der Waals surface area contributed by atoms with Crippen LogP contribution >= 0.6 is 0 Å². The van der Waals surface area contributed by atoms with Gasteiger partial charge >= 0.3 is 0 Å². The van der Waals surface area contributed by atoms with Gasteiger partial charge in [-0.3, -0.25) is 4.79 Å². The van der Waals surface area contributed by atoms with Crippen molar-refractivity contribution in [2.24, 2.45) is 11.8 Å². The van der Waals surface area contributed by atoms with Gasteiger partial charge < -0.3 is 14.5 Å². The van der Waals surface area contributed by atoms with Crippen LogP contribution < -0.4 is 0 Å². The summed E-state index contributed by atoms with van der Waals surface area (Å²) in [7, 11) is 0. The standard InChI is InChI=1S/C29H16NO.C15H24O2.Ir/c1-3-9-21-19(7-1)20-8-2-4-10-22(20)24-17-29-26(16-23(21)24)25-15-18(12-13-28(25)31-29)27-11-5-6-14-30-27;16-14(12-7-3-1-4-8-12)11-15(17)13-9-5-2-6-10-13;/h1-11,13-17H;11-13,16H,1-10H2;/q-1;;/b;14-11-;. The summed E-state index contributed by atoms with van der Waals surface area (Å²) in [6, 6.07) is 35.1. The largest absolute Gasteiger partial charge is 0.512 e. The molecule has 2 aliphatic carbocycles. The van der Waals surface area contributed by atoms with Crippen LogP contribution in [0.5, 0.6) is 0 Å². The molecule has 0 aliphatic heterocycles. The number of carbonyl (C=O) groups is 1. The molecule has 9 rings (SSSR count). The van der Waals surface area contributed by atoms with Crippen LogP contribution in [0.25, 0.3) is 65.5 Å². The zero-order valence-electron chi connectivity index (χ0n) is 27.6. The van der Waals surface area contributed by atoms with E-state index in [9.17, 15) is 9.90 Å². The third-order valence-corrected chi connectivity index (χ3v) is 10.5. The summed E-state index contributed by atoms with van der Waals surface area (Å²) < 4.78 is 6.26. The summed E-state index contributed by atoms with van der Waals surface area (Å²) in [6.07, 6.45) is 14.8. The number of hydrogen-bond donors (Lipinski definition) is 1. The number of rotatable bonds is 4. The second-order valence-corrected chi connectivity index (χ2v) is 13.6. The predicted molar refractivity (Wildman–Crippen MR) is 197 cm³/mol. The van der Waals surface area contributed by atoms with Crippen LogP contribution in [0.3, 0.4) is 0 Å². The molecule has 249 valence electrons. The molecule has 0 unspecified atom stereocenters. The van der Waals surface area contributed by atoms with Gasteiger partial charge in [0.25, 0.3) is 0 Å². The second-order valence-electron chi connectivity index (χ2n) is 13.6. The number of pyridine rings is 1. The smallest absolute Gasteiger partial charge is 0.162 e. The molecule has 49 heavy (non-hydrogen) atoms. The minimum Gasteiger partial charge on any atom is -0.512 e. The van der Waals surface area contributed by atoms with E-state index in [1.54, 1.807) is 6.08 Å². The van der Waals surface area contributed by atoms with Gasteiger partial charge in [-0.15, -0.1) is 23.8 Å². The summed E-state index contributed by atoms with van der Waals surface area (Å²) in [5.74, 6) is 0.985. The summed E-state index contributed by atoms with van der Waals surface area (Å²) in [5, 5.41) is 19.8. The van der Waals surface area contributed by atoms with E-state index in [1.165, 1.54) is 70.8 Å². The van der Waals surface area contributed by atoms with Gasteiger partial charge in [-0.25, -0.2) is 0 Å². The minimum absolute atomic E-state index is 0. The van der Waals surface area contributed by atoms with Crippen LogP contribution in [-0.4, -0.2) is 15.9 Å². The number of hydrogen-bond acceptors (Lipinski definition) is 4. The Balaban J connectivity index is 0.000000180. The van der Waals surface area contributed by atoms with Crippen LogP contribution in [0, 0.1) is 17.9 Å². The van der Waals surface area contributed by atoms with E-state index in [-0.39, 0.29) is 37.7 Å². The van der Waals surface area contributed by atoms with Crippen LogP contribution in [0.2, 0.25) is 0 Å². The molecule has 7 aromatic rings. The number of benzene rings is 5. The molecule has 0 saturated heterocycles. The summed E-state index contributed by atoms with van der Waals surface area (Å²) in [4.78, 5) is 16.5. The predicted octanol–water partition coefficient (Wildman–Crippen LogP) is 12.1. The topological polar surface area (TPSA) is 63.3 Å². The van der Waals surface area contributed by atoms with Gasteiger partial charge in [0.1, 0.15) is 5.58 Å². The molecule has 0 amide bonds. The Morgan fingerprint density at radius 3 is 1.82 bits per heavy atom. The molecule has 2 aliphatic rings. The van der Waals surface area contributed by atoms with Crippen LogP contribution in [-0.2, 0) is 24.9 Å². The van der Waals surface area contributed by atoms with E-state index < -0.39 is 0 Å². The molecule has 4 nitrogen and oxygen atoms in total. The Labute approximate surface area is 300 Å². The number of nitrogens with zero attached hydrogens (tertiary/aromatic N) is 1. The Bertz CT molecular complexity index is 2290. The number of carbonyl (C=O) groups excluding carboxylic acids is 1. The molecule has 2 saturated carbocycles. The second kappa shape index (κ2) is 14.7. The van der Waals surface area contributed by atoms with E-state index in [0.717, 1.165) is 58.9 Å². The molecule has 2 aromatic heterocycles. The molecule has 0 atom stereocenters. The van der Waals surface area contributed by atoms with Crippen molar-refractivity contribution in [3.8, 4) is 11.3 Å². The Hall–Kier alpha value is -4.31. The number of ketones is 1. The van der Waals surface area contributed by atoms with E-state index >= 15 is 0 Å². The average molecular weight is 823 g/mol. The van der Waals surface area contributed by atoms with Gasteiger partial charge in [0.2, 0.25) is 0 Å². The molecular weight excluding hydrogens is 783 g/mol. The molecule has 1 N–H and O–H groups in total. The third-order valence-electron chi connectivity index (χ3n) is 10.5. The molecule has 1 radical (unpaired) electrons. The Morgan fingerprint density at radius 1 is 0.653 bits per heavy atom. The Morgan fingerprint density at radius 2 is 1.20 bits per heavy atom. The van der Waals surface area contributed by atoms with Crippen molar-refractivity contribution in [3.63, 3.8) is 0 Å². The van der Waals surface area contributed by atoms with Crippen LogP contribution in [0.1, 0.15) is 64.2 Å². The first-order valence-corrected chi connectivity index (χ1v) is 17.6. The van der Waals surface area contributed by atoms with Gasteiger partial charge in [0.15, 0.2) is 5.78 Å². The van der Waals surface area contributed by atoms with Crippen molar-refractivity contribution in [2.75, 3.05) is 0 Å². The number of aliphatic hydroxyl groups excluding tert-OH is 1. The van der Waals surface area contributed by atoms with Crippen LogP contribution in [0.15, 0.2) is 113 Å². The number of fused-ring (bicyclic) bond motifs is 9. The molecular formula is C44H40IrNO3-. The fraction of sp³-hybridized carbons (Fsp3) is 0.273. The zero-order chi connectivity index (χ0) is 32.5. The fourth-order valence-corrected chi connectivity index (χ4v) is 7.95. The molecule has 2 fully saturated rings. The molecule has 5 aromatic carbocycles. The first-order chi connectivity index (χ1) is 23.6. The van der Waals surface area contributed by atoms with Crippen molar-refractivity contribution in [3.05, 3.63) is 115 Å². The maximum Gasteiger partial charge on any atom is 0.162 e. The van der Waals surface area contributed by atoms with E-state index in [4.69, 9.17) is 4.42 Å². The molecule has 2 heterocycles. The molecule has 0 bridgehead atoms. The SMILES string of the molecule is O=C(/C=C(\O)C1CCCCC1)C1CCCCC1.[Ir].[c-]1cc2oc3cc4c5ccccc5c5ccccc5c4cc3c2cc1-c1ccccn1. The maximum atomic E-state index is 12.0. The van der Waals surface area contributed by atoms with Crippen molar-refractivity contribution in [1.82, 2.24) is 4.98 Å². The number of allylic oxidation sites excluding steroid dienone is 2.